The smallest absolute Gasteiger partial charge is 0.304 e. The Morgan fingerprint density at radius 2 is 2.14 bits per heavy atom. The van der Waals surface area contributed by atoms with Crippen LogP contribution in [0.25, 0.3) is 0 Å². The van der Waals surface area contributed by atoms with Crippen molar-refractivity contribution in [3.8, 4) is 0 Å². The third-order valence-corrected chi connectivity index (χ3v) is 4.61. The normalized spacial score (nSPS) is 19.0. The molecule has 1 unspecified atom stereocenters. The quantitative estimate of drug-likeness (QED) is 0.347. The summed E-state index contributed by atoms with van der Waals surface area (Å²) in [5.41, 5.74) is 0.724. The lowest BCUT2D eigenvalue weighted by Crippen LogP contribution is -2.70. The van der Waals surface area contributed by atoms with Crippen molar-refractivity contribution in [2.75, 3.05) is 25.5 Å². The highest BCUT2D eigenvalue weighted by Crippen LogP contribution is 2.29. The molecule has 0 aliphatic carbocycles. The van der Waals surface area contributed by atoms with E-state index >= 15 is 0 Å². The van der Waals surface area contributed by atoms with Gasteiger partial charge in [0.2, 0.25) is 5.91 Å². The molecule has 21 heavy (non-hydrogen) atoms. The number of carbonyl (C=O) groups excluding carboxylic acids is 1. The van der Waals surface area contributed by atoms with Gasteiger partial charge in [0.1, 0.15) is 0 Å². The molecule has 0 spiro atoms. The SMILES string of the molecule is CNC(=[NH+]C)SC1CCN(c2ccc([N+](=O)[O-])cc2)C1=O. The van der Waals surface area contributed by atoms with Crippen LogP contribution in [0.4, 0.5) is 11.4 Å². The molecule has 0 aromatic heterocycles. The maximum absolute atomic E-state index is 12.4. The van der Waals surface area contributed by atoms with Gasteiger partial charge in [-0.3, -0.25) is 25.2 Å². The highest BCUT2D eigenvalue weighted by molar-refractivity contribution is 8.14. The topological polar surface area (TPSA) is 89.4 Å². The molecule has 1 heterocycles. The Kier molecular flexibility index (Phi) is 4.79. The summed E-state index contributed by atoms with van der Waals surface area (Å²) in [6.45, 7) is 0.620. The van der Waals surface area contributed by atoms with E-state index in [1.165, 1.54) is 23.9 Å². The summed E-state index contributed by atoms with van der Waals surface area (Å²) in [4.78, 5) is 27.3. The van der Waals surface area contributed by atoms with E-state index in [-0.39, 0.29) is 16.8 Å². The minimum atomic E-state index is -0.449. The van der Waals surface area contributed by atoms with E-state index in [0.717, 1.165) is 11.6 Å². The molecule has 0 radical (unpaired) electrons. The fraction of sp³-hybridized carbons (Fsp3) is 0.385. The van der Waals surface area contributed by atoms with Crippen LogP contribution in [0.15, 0.2) is 24.3 Å². The first kappa shape index (κ1) is 15.3. The number of nitro groups is 1. The number of non-ortho nitro benzene ring substituents is 1. The van der Waals surface area contributed by atoms with Crippen molar-refractivity contribution in [2.45, 2.75) is 11.7 Å². The fourth-order valence-corrected chi connectivity index (χ4v) is 3.13. The molecular formula is C13H17N4O3S+. The zero-order valence-electron chi connectivity index (χ0n) is 11.8. The van der Waals surface area contributed by atoms with Gasteiger partial charge >= 0.3 is 5.17 Å². The molecule has 8 heteroatoms. The molecule has 1 aliphatic rings. The summed E-state index contributed by atoms with van der Waals surface area (Å²) in [6, 6.07) is 6.07. The number of nitrogens with one attached hydrogen (secondary N) is 2. The van der Waals surface area contributed by atoms with Crippen molar-refractivity contribution in [1.29, 1.82) is 0 Å². The Hall–Kier alpha value is -2.09. The van der Waals surface area contributed by atoms with Crippen LogP contribution in [0, 0.1) is 10.1 Å². The molecule has 1 amide bonds. The first-order chi connectivity index (χ1) is 10.1. The molecule has 0 saturated carbocycles. The van der Waals surface area contributed by atoms with Gasteiger partial charge in [-0.15, -0.1) is 0 Å². The van der Waals surface area contributed by atoms with Crippen molar-refractivity contribution < 1.29 is 14.7 Å². The summed E-state index contributed by atoms with van der Waals surface area (Å²) < 4.78 is 0. The first-order valence-electron chi connectivity index (χ1n) is 6.51. The molecule has 1 fully saturated rings. The lowest BCUT2D eigenvalue weighted by atomic mass is 10.2. The van der Waals surface area contributed by atoms with E-state index in [0.29, 0.717) is 12.2 Å². The molecule has 7 nitrogen and oxygen atoms in total. The second-order valence-corrected chi connectivity index (χ2v) is 5.70. The number of nitrogens with zero attached hydrogens (tertiary/aromatic N) is 2. The number of amidine groups is 1. The predicted octanol–water partition coefficient (Wildman–Crippen LogP) is -0.281. The van der Waals surface area contributed by atoms with Crippen molar-refractivity contribution >= 4 is 34.2 Å². The standard InChI is InChI=1S/C13H16N4O3S/c1-14-13(15-2)21-11-7-8-16(12(11)18)9-3-5-10(6-4-9)17(19)20/h3-6,11H,7-8H2,1-2H3,(H,14,15)/p+1. The van der Waals surface area contributed by atoms with Crippen LogP contribution >= 0.6 is 11.8 Å². The Labute approximate surface area is 126 Å². The number of hydrogen-bond acceptors (Lipinski definition) is 4. The summed E-state index contributed by atoms with van der Waals surface area (Å²) in [5, 5.41) is 14.3. The van der Waals surface area contributed by atoms with Gasteiger partial charge in [-0.2, -0.15) is 0 Å². The van der Waals surface area contributed by atoms with E-state index in [2.05, 4.69) is 10.3 Å². The van der Waals surface area contributed by atoms with Crippen molar-refractivity contribution in [2.24, 2.45) is 0 Å². The first-order valence-corrected chi connectivity index (χ1v) is 7.39. The summed E-state index contributed by atoms with van der Waals surface area (Å²) in [7, 11) is 3.60. The van der Waals surface area contributed by atoms with E-state index in [1.807, 2.05) is 0 Å². The van der Waals surface area contributed by atoms with Crippen LogP contribution in [0.1, 0.15) is 6.42 Å². The van der Waals surface area contributed by atoms with E-state index in [9.17, 15) is 14.9 Å². The minimum absolute atomic E-state index is 0.0249. The summed E-state index contributed by atoms with van der Waals surface area (Å²) >= 11 is 1.46. The lowest BCUT2D eigenvalue weighted by Gasteiger charge is -2.16. The second kappa shape index (κ2) is 6.57. The van der Waals surface area contributed by atoms with Gasteiger partial charge in [-0.25, -0.2) is 0 Å². The molecule has 1 aromatic carbocycles. The van der Waals surface area contributed by atoms with Crippen LogP contribution in [0.2, 0.25) is 0 Å². The van der Waals surface area contributed by atoms with E-state index < -0.39 is 4.92 Å². The maximum Gasteiger partial charge on any atom is 0.304 e. The Morgan fingerprint density at radius 3 is 2.67 bits per heavy atom. The molecular weight excluding hydrogens is 292 g/mol. The van der Waals surface area contributed by atoms with Gasteiger partial charge in [0.15, 0.2) is 0 Å². The van der Waals surface area contributed by atoms with Gasteiger partial charge in [-0.1, -0.05) is 0 Å². The Morgan fingerprint density at radius 1 is 1.48 bits per heavy atom. The molecule has 0 bridgehead atoms. The number of thioether (sulfide) groups is 1. The number of benzene rings is 1. The monoisotopic (exact) mass is 309 g/mol. The molecule has 1 aliphatic heterocycles. The zero-order chi connectivity index (χ0) is 15.4. The highest BCUT2D eigenvalue weighted by atomic mass is 32.2. The third kappa shape index (κ3) is 3.33. The number of rotatable bonds is 3. The van der Waals surface area contributed by atoms with Crippen LogP contribution in [-0.4, -0.2) is 41.9 Å². The second-order valence-electron chi connectivity index (χ2n) is 4.49. The predicted molar refractivity (Wildman–Crippen MR) is 82.4 cm³/mol. The molecule has 2 N–H and O–H groups in total. The number of nitro benzene ring substituents is 1. The Bertz CT molecular complexity index is 573. The molecule has 2 rings (SSSR count). The number of carbonyl (C=O) groups is 1. The number of anilines is 1. The largest absolute Gasteiger partial charge is 0.311 e. The lowest BCUT2D eigenvalue weighted by molar-refractivity contribution is -0.418. The van der Waals surface area contributed by atoms with Gasteiger partial charge in [0.25, 0.3) is 5.69 Å². The molecule has 112 valence electrons. The number of hydrogen-bond donors (Lipinski definition) is 2. The minimum Gasteiger partial charge on any atom is -0.311 e. The van der Waals surface area contributed by atoms with Crippen LogP contribution < -0.4 is 15.2 Å². The van der Waals surface area contributed by atoms with E-state index in [4.69, 9.17) is 0 Å². The molecule has 1 atom stereocenters. The van der Waals surface area contributed by atoms with E-state index in [1.54, 1.807) is 31.1 Å². The third-order valence-electron chi connectivity index (χ3n) is 3.24. The zero-order valence-corrected chi connectivity index (χ0v) is 12.6. The number of amides is 1. The average molecular weight is 309 g/mol. The van der Waals surface area contributed by atoms with Gasteiger partial charge in [0.05, 0.1) is 24.3 Å². The van der Waals surface area contributed by atoms with Crippen molar-refractivity contribution in [3.05, 3.63) is 34.4 Å². The van der Waals surface area contributed by atoms with Crippen LogP contribution in [-0.2, 0) is 4.79 Å². The van der Waals surface area contributed by atoms with Crippen molar-refractivity contribution in [1.82, 2.24) is 5.32 Å². The molecule has 1 aromatic rings. The van der Waals surface area contributed by atoms with Crippen molar-refractivity contribution in [3.63, 3.8) is 0 Å². The summed E-state index contributed by atoms with van der Waals surface area (Å²) in [5.74, 6) is 0.0249. The van der Waals surface area contributed by atoms with Gasteiger partial charge in [0, 0.05) is 24.4 Å². The molecule has 1 saturated heterocycles. The average Bonchev–Trinajstić information content (AvgIpc) is 2.85. The highest BCUT2D eigenvalue weighted by Gasteiger charge is 2.35. The maximum atomic E-state index is 12.4. The van der Waals surface area contributed by atoms with Crippen LogP contribution in [0.5, 0.6) is 0 Å². The van der Waals surface area contributed by atoms with Gasteiger partial charge in [-0.05, 0) is 30.3 Å². The van der Waals surface area contributed by atoms with Crippen LogP contribution in [0.3, 0.4) is 0 Å². The Balaban J connectivity index is 2.09. The van der Waals surface area contributed by atoms with Gasteiger partial charge < -0.3 is 4.90 Å². The fourth-order valence-electron chi connectivity index (χ4n) is 2.16. The summed E-state index contributed by atoms with van der Waals surface area (Å²) in [6.07, 6.45) is 0.743.